The number of nitrogens with zero attached hydrogens (tertiary/aromatic N) is 2. The summed E-state index contributed by atoms with van der Waals surface area (Å²) in [6, 6.07) is 2.20. The average molecular weight is 172 g/mol. The number of hydrogen-bond acceptors (Lipinski definition) is 2. The zero-order valence-electron chi connectivity index (χ0n) is 5.76. The Kier molecular flexibility index (Phi) is 2.00. The summed E-state index contributed by atoms with van der Waals surface area (Å²) in [5, 5.41) is 8.29. The molecule has 0 amide bonds. The Bertz CT molecular complexity index is 324. The molecular weight excluding hydrogens is 169 g/mol. The van der Waals surface area contributed by atoms with Gasteiger partial charge in [-0.3, -0.25) is 4.98 Å². The first kappa shape index (κ1) is 8.53. The molecule has 2 nitrogen and oxygen atoms in total. The second-order valence-corrected chi connectivity index (χ2v) is 2.03. The van der Waals surface area contributed by atoms with Gasteiger partial charge in [0.2, 0.25) is 0 Å². The predicted octanol–water partition coefficient (Wildman–Crippen LogP) is 1.97. The third kappa shape index (κ3) is 1.53. The monoisotopic (exact) mass is 172 g/mol. The molecule has 1 heterocycles. The number of rotatable bonds is 0. The molecule has 12 heavy (non-hydrogen) atoms. The lowest BCUT2D eigenvalue weighted by Crippen LogP contribution is -2.07. The van der Waals surface area contributed by atoms with Crippen molar-refractivity contribution in [2.24, 2.45) is 0 Å². The second kappa shape index (κ2) is 2.81. The van der Waals surface area contributed by atoms with E-state index in [0.29, 0.717) is 0 Å². The van der Waals surface area contributed by atoms with Gasteiger partial charge in [0.25, 0.3) is 0 Å². The Morgan fingerprint density at radius 1 is 1.42 bits per heavy atom. The fourth-order valence-electron chi connectivity index (χ4n) is 0.731. The number of hydrogen-bond donors (Lipinski definition) is 0. The minimum Gasteiger partial charge on any atom is -0.263 e. The molecule has 0 atom stereocenters. The van der Waals surface area contributed by atoms with Gasteiger partial charge in [0.15, 0.2) is 0 Å². The van der Waals surface area contributed by atoms with E-state index in [1.807, 2.05) is 0 Å². The summed E-state index contributed by atoms with van der Waals surface area (Å²) in [5.74, 6) is 0. The third-order valence-electron chi connectivity index (χ3n) is 1.25. The van der Waals surface area contributed by atoms with Crippen molar-refractivity contribution < 1.29 is 13.2 Å². The van der Waals surface area contributed by atoms with Crippen LogP contribution in [0.2, 0.25) is 0 Å². The van der Waals surface area contributed by atoms with Crippen molar-refractivity contribution in [3.8, 4) is 6.07 Å². The third-order valence-corrected chi connectivity index (χ3v) is 1.25. The molecule has 0 radical (unpaired) electrons. The van der Waals surface area contributed by atoms with Crippen LogP contribution in [0.4, 0.5) is 13.2 Å². The van der Waals surface area contributed by atoms with E-state index in [-0.39, 0.29) is 0 Å². The molecule has 1 aromatic rings. The molecule has 1 aromatic heterocycles. The van der Waals surface area contributed by atoms with E-state index in [1.165, 1.54) is 6.07 Å². The topological polar surface area (TPSA) is 36.7 Å². The van der Waals surface area contributed by atoms with Crippen molar-refractivity contribution in [1.82, 2.24) is 4.98 Å². The van der Waals surface area contributed by atoms with Gasteiger partial charge in [-0.25, -0.2) is 0 Å². The molecular formula is C7H3F3N2. The summed E-state index contributed by atoms with van der Waals surface area (Å²) in [6.45, 7) is 0. The van der Waals surface area contributed by atoms with Crippen molar-refractivity contribution in [3.05, 3.63) is 29.6 Å². The van der Waals surface area contributed by atoms with Crippen molar-refractivity contribution in [3.63, 3.8) is 0 Å². The zero-order valence-corrected chi connectivity index (χ0v) is 5.76. The first-order chi connectivity index (χ1) is 5.55. The summed E-state index contributed by atoms with van der Waals surface area (Å²) in [6.07, 6.45) is -2.58. The molecule has 0 fully saturated rings. The molecule has 0 N–H and O–H groups in total. The largest absolute Gasteiger partial charge is 0.417 e. The number of alkyl halides is 3. The average Bonchev–Trinajstić information content (AvgIpc) is 2.03. The van der Waals surface area contributed by atoms with E-state index in [1.54, 1.807) is 0 Å². The fraction of sp³-hybridized carbons (Fsp3) is 0.143. The molecule has 1 rings (SSSR count). The first-order valence-corrected chi connectivity index (χ1v) is 2.97. The maximum Gasteiger partial charge on any atom is 0.417 e. The van der Waals surface area contributed by atoms with Crippen molar-refractivity contribution in [1.29, 1.82) is 5.26 Å². The predicted molar refractivity (Wildman–Crippen MR) is 34.0 cm³/mol. The summed E-state index contributed by atoms with van der Waals surface area (Å²) in [5.41, 5.74) is -1.40. The van der Waals surface area contributed by atoms with Crippen LogP contribution in [0, 0.1) is 11.3 Å². The number of nitriles is 1. The molecule has 62 valence electrons. The van der Waals surface area contributed by atoms with Gasteiger partial charge in [-0.05, 0) is 6.07 Å². The SMILES string of the molecule is N#Cc1cnccc1C(F)(F)F. The highest BCUT2D eigenvalue weighted by Crippen LogP contribution is 2.30. The highest BCUT2D eigenvalue weighted by molar-refractivity contribution is 5.36. The molecule has 0 unspecified atom stereocenters. The van der Waals surface area contributed by atoms with Crippen LogP contribution in [-0.2, 0) is 6.18 Å². The molecule has 0 aliphatic heterocycles. The summed E-state index contributed by atoms with van der Waals surface area (Å²) < 4.78 is 36.2. The lowest BCUT2D eigenvalue weighted by molar-refractivity contribution is -0.137. The van der Waals surface area contributed by atoms with E-state index in [9.17, 15) is 13.2 Å². The van der Waals surface area contributed by atoms with Gasteiger partial charge in [-0.1, -0.05) is 0 Å². The van der Waals surface area contributed by atoms with E-state index in [2.05, 4.69) is 4.98 Å². The van der Waals surface area contributed by atoms with Crippen LogP contribution < -0.4 is 0 Å². The minimum absolute atomic E-state index is 0.454. The molecule has 0 saturated heterocycles. The van der Waals surface area contributed by atoms with E-state index >= 15 is 0 Å². The molecule has 0 saturated carbocycles. The van der Waals surface area contributed by atoms with Crippen LogP contribution in [-0.4, -0.2) is 4.98 Å². The maximum absolute atomic E-state index is 12.1. The molecule has 0 aromatic carbocycles. The van der Waals surface area contributed by atoms with Crippen LogP contribution in [0.1, 0.15) is 11.1 Å². The van der Waals surface area contributed by atoms with Crippen LogP contribution in [0.15, 0.2) is 18.5 Å². The number of halogens is 3. The molecule has 0 bridgehead atoms. The minimum atomic E-state index is -4.48. The standard InChI is InChI=1S/C7H3F3N2/c8-7(9,10)6-1-2-12-4-5(6)3-11/h1-2,4H. The number of aromatic nitrogens is 1. The summed E-state index contributed by atoms with van der Waals surface area (Å²) in [4.78, 5) is 3.41. The van der Waals surface area contributed by atoms with Gasteiger partial charge >= 0.3 is 6.18 Å². The van der Waals surface area contributed by atoms with E-state index < -0.39 is 17.3 Å². The fourth-order valence-corrected chi connectivity index (χ4v) is 0.731. The van der Waals surface area contributed by atoms with E-state index in [4.69, 9.17) is 5.26 Å². The lowest BCUT2D eigenvalue weighted by atomic mass is 10.1. The van der Waals surface area contributed by atoms with Crippen LogP contribution in [0.5, 0.6) is 0 Å². The normalized spacial score (nSPS) is 10.8. The molecule has 0 spiro atoms. The van der Waals surface area contributed by atoms with Gasteiger partial charge in [0, 0.05) is 12.4 Å². The highest BCUT2D eigenvalue weighted by atomic mass is 19.4. The smallest absolute Gasteiger partial charge is 0.263 e. The van der Waals surface area contributed by atoms with E-state index in [0.717, 1.165) is 18.5 Å². The molecule has 0 aliphatic rings. The van der Waals surface area contributed by atoms with Gasteiger partial charge in [-0.15, -0.1) is 0 Å². The Hall–Kier alpha value is -1.57. The summed E-state index contributed by atoms with van der Waals surface area (Å²) >= 11 is 0. The first-order valence-electron chi connectivity index (χ1n) is 2.97. The maximum atomic E-state index is 12.1. The number of pyridine rings is 1. The Morgan fingerprint density at radius 3 is 2.50 bits per heavy atom. The van der Waals surface area contributed by atoms with Crippen LogP contribution in [0.3, 0.4) is 0 Å². The zero-order chi connectivity index (χ0) is 9.19. The lowest BCUT2D eigenvalue weighted by Gasteiger charge is -2.06. The highest BCUT2D eigenvalue weighted by Gasteiger charge is 2.33. The Balaban J connectivity index is 3.26. The van der Waals surface area contributed by atoms with Gasteiger partial charge in [0.05, 0.1) is 11.1 Å². The Morgan fingerprint density at radius 2 is 2.08 bits per heavy atom. The van der Waals surface area contributed by atoms with Crippen molar-refractivity contribution in [2.75, 3.05) is 0 Å². The van der Waals surface area contributed by atoms with Crippen molar-refractivity contribution in [2.45, 2.75) is 6.18 Å². The molecule has 5 heteroatoms. The van der Waals surface area contributed by atoms with Gasteiger partial charge < -0.3 is 0 Å². The Labute approximate surface area is 66.3 Å². The second-order valence-electron chi connectivity index (χ2n) is 2.03. The van der Waals surface area contributed by atoms with Gasteiger partial charge in [-0.2, -0.15) is 18.4 Å². The summed E-state index contributed by atoms with van der Waals surface area (Å²) in [7, 11) is 0. The van der Waals surface area contributed by atoms with Crippen molar-refractivity contribution >= 4 is 0 Å². The van der Waals surface area contributed by atoms with Crippen LogP contribution in [0.25, 0.3) is 0 Å². The molecule has 0 aliphatic carbocycles. The van der Waals surface area contributed by atoms with Gasteiger partial charge in [0.1, 0.15) is 6.07 Å². The van der Waals surface area contributed by atoms with Crippen LogP contribution >= 0.6 is 0 Å². The quantitative estimate of drug-likeness (QED) is 0.599.